The molecular formula is C19H20F2N4O4. The topological polar surface area (TPSA) is 88.0 Å². The van der Waals surface area contributed by atoms with E-state index in [0.717, 1.165) is 0 Å². The minimum Gasteiger partial charge on any atom is -0.433 e. The Kier molecular flexibility index (Phi) is 6.10. The first-order valence-corrected chi connectivity index (χ1v) is 8.95. The van der Waals surface area contributed by atoms with Crippen LogP contribution in [0, 0.1) is 17.0 Å². The molecule has 10 heteroatoms. The third-order valence-electron chi connectivity index (χ3n) is 4.67. The molecule has 8 nitrogen and oxygen atoms in total. The molecule has 1 saturated heterocycles. The van der Waals surface area contributed by atoms with Crippen molar-refractivity contribution in [1.82, 2.24) is 4.90 Å². The van der Waals surface area contributed by atoms with Crippen molar-refractivity contribution >= 4 is 23.1 Å². The number of nitrogens with one attached hydrogen (secondary N) is 1. The van der Waals surface area contributed by atoms with E-state index in [1.807, 2.05) is 4.90 Å². The lowest BCUT2D eigenvalue weighted by Crippen LogP contribution is -2.50. The van der Waals surface area contributed by atoms with E-state index in [9.17, 15) is 23.7 Å². The Morgan fingerprint density at radius 3 is 2.48 bits per heavy atom. The quantitative estimate of drug-likeness (QED) is 0.602. The third kappa shape index (κ3) is 4.71. The fourth-order valence-electron chi connectivity index (χ4n) is 3.22. The van der Waals surface area contributed by atoms with E-state index in [4.69, 9.17) is 0 Å². The lowest BCUT2D eigenvalue weighted by Gasteiger charge is -2.35. The molecule has 1 aliphatic rings. The lowest BCUT2D eigenvalue weighted by atomic mass is 10.2. The van der Waals surface area contributed by atoms with Crippen LogP contribution in [-0.2, 0) is 0 Å². The predicted octanol–water partition coefficient (Wildman–Crippen LogP) is 3.86. The van der Waals surface area contributed by atoms with Gasteiger partial charge in [-0.15, -0.1) is 0 Å². The molecule has 0 atom stereocenters. The van der Waals surface area contributed by atoms with E-state index in [1.54, 1.807) is 37.3 Å². The van der Waals surface area contributed by atoms with Crippen molar-refractivity contribution in [3.05, 3.63) is 58.1 Å². The molecule has 29 heavy (non-hydrogen) atoms. The molecule has 0 radical (unpaired) electrons. The van der Waals surface area contributed by atoms with Gasteiger partial charge in [-0.05, 0) is 24.6 Å². The monoisotopic (exact) mass is 406 g/mol. The minimum atomic E-state index is -3.00. The molecule has 0 aromatic heterocycles. The van der Waals surface area contributed by atoms with E-state index >= 15 is 0 Å². The number of rotatable bonds is 5. The van der Waals surface area contributed by atoms with Crippen molar-refractivity contribution in [2.45, 2.75) is 13.5 Å². The first kappa shape index (κ1) is 20.3. The Hall–Kier alpha value is -3.43. The fraction of sp³-hybridized carbons (Fsp3) is 0.316. The first-order chi connectivity index (χ1) is 13.9. The number of piperazine rings is 1. The number of alkyl halides is 2. The summed E-state index contributed by atoms with van der Waals surface area (Å²) in [6.45, 7) is 0.153. The number of carbonyl (C=O) groups is 1. The maximum absolute atomic E-state index is 12.6. The molecule has 0 aliphatic carbocycles. The molecule has 1 aliphatic heterocycles. The highest BCUT2D eigenvalue weighted by Crippen LogP contribution is 2.31. The van der Waals surface area contributed by atoms with Gasteiger partial charge in [0, 0.05) is 32.2 Å². The van der Waals surface area contributed by atoms with Gasteiger partial charge in [-0.1, -0.05) is 24.3 Å². The van der Waals surface area contributed by atoms with Crippen molar-refractivity contribution in [3.63, 3.8) is 0 Å². The van der Waals surface area contributed by atoms with Gasteiger partial charge in [-0.2, -0.15) is 8.78 Å². The van der Waals surface area contributed by atoms with Crippen LogP contribution in [0.25, 0.3) is 0 Å². The zero-order valence-electron chi connectivity index (χ0n) is 15.7. The van der Waals surface area contributed by atoms with Crippen molar-refractivity contribution in [2.24, 2.45) is 0 Å². The summed E-state index contributed by atoms with van der Waals surface area (Å²) in [6, 6.07) is 10.6. The number of halogens is 2. The van der Waals surface area contributed by atoms with E-state index in [0.29, 0.717) is 37.4 Å². The minimum absolute atomic E-state index is 0.0131. The highest BCUT2D eigenvalue weighted by molar-refractivity contribution is 5.92. The Morgan fingerprint density at radius 1 is 1.14 bits per heavy atom. The molecular weight excluding hydrogens is 386 g/mol. The average molecular weight is 406 g/mol. The molecule has 0 bridgehead atoms. The number of hydrogen-bond acceptors (Lipinski definition) is 5. The summed E-state index contributed by atoms with van der Waals surface area (Å²) >= 11 is 0. The average Bonchev–Trinajstić information content (AvgIpc) is 2.70. The smallest absolute Gasteiger partial charge is 0.387 e. The molecule has 2 aromatic rings. The maximum Gasteiger partial charge on any atom is 0.387 e. The van der Waals surface area contributed by atoms with Crippen LogP contribution >= 0.6 is 0 Å². The molecule has 0 unspecified atom stereocenters. The first-order valence-electron chi connectivity index (χ1n) is 8.95. The Labute approximate surface area is 165 Å². The van der Waals surface area contributed by atoms with Crippen LogP contribution in [-0.4, -0.2) is 48.6 Å². The molecule has 0 saturated carbocycles. The Bertz CT molecular complexity index is 902. The van der Waals surface area contributed by atoms with Gasteiger partial charge in [0.05, 0.1) is 10.6 Å². The number of nitro groups is 1. The van der Waals surface area contributed by atoms with E-state index in [1.165, 1.54) is 17.0 Å². The summed E-state index contributed by atoms with van der Waals surface area (Å²) in [5.74, 6) is -0.105. The van der Waals surface area contributed by atoms with E-state index < -0.39 is 17.6 Å². The van der Waals surface area contributed by atoms with E-state index in [-0.39, 0.29) is 17.1 Å². The Morgan fingerprint density at radius 2 is 1.83 bits per heavy atom. The number of para-hydroxylation sites is 3. The van der Waals surface area contributed by atoms with Crippen LogP contribution in [0.4, 0.5) is 30.6 Å². The normalized spacial score (nSPS) is 14.1. The summed E-state index contributed by atoms with van der Waals surface area (Å²) in [5.41, 5.74) is 1.30. The van der Waals surface area contributed by atoms with Gasteiger partial charge in [0.15, 0.2) is 0 Å². The van der Waals surface area contributed by atoms with Gasteiger partial charge < -0.3 is 19.9 Å². The molecule has 154 valence electrons. The van der Waals surface area contributed by atoms with Gasteiger partial charge >= 0.3 is 12.6 Å². The fourth-order valence-corrected chi connectivity index (χ4v) is 3.22. The van der Waals surface area contributed by atoms with Gasteiger partial charge in [-0.3, -0.25) is 10.1 Å². The van der Waals surface area contributed by atoms with Crippen LogP contribution < -0.4 is 15.0 Å². The second-order valence-corrected chi connectivity index (χ2v) is 6.48. The Balaban J connectivity index is 1.67. The molecule has 2 amide bonds. The summed E-state index contributed by atoms with van der Waals surface area (Å²) in [6.07, 6.45) is 0. The molecule has 1 fully saturated rings. The number of nitro benzene ring substituents is 1. The van der Waals surface area contributed by atoms with E-state index in [2.05, 4.69) is 10.1 Å². The summed E-state index contributed by atoms with van der Waals surface area (Å²) in [5, 5.41) is 13.9. The molecule has 2 aromatic carbocycles. The van der Waals surface area contributed by atoms with Gasteiger partial charge in [0.1, 0.15) is 11.4 Å². The van der Waals surface area contributed by atoms with Crippen LogP contribution in [0.15, 0.2) is 42.5 Å². The predicted molar refractivity (Wildman–Crippen MR) is 104 cm³/mol. The number of hydrogen-bond donors (Lipinski definition) is 1. The standard InChI is InChI=1S/C19H20F2N4O4/c1-13-5-4-8-16(29-18(20)21)17(13)22-19(26)24-11-9-23(10-12-24)14-6-2-3-7-15(14)25(27)28/h2-8,18H,9-12H2,1H3,(H,22,26). The number of nitrogens with zero attached hydrogens (tertiary/aromatic N) is 3. The summed E-state index contributed by atoms with van der Waals surface area (Å²) in [4.78, 5) is 26.8. The van der Waals surface area contributed by atoms with Crippen molar-refractivity contribution in [1.29, 1.82) is 0 Å². The summed E-state index contributed by atoms with van der Waals surface area (Å²) in [7, 11) is 0. The number of amides is 2. The number of urea groups is 1. The molecule has 1 N–H and O–H groups in total. The second-order valence-electron chi connectivity index (χ2n) is 6.48. The van der Waals surface area contributed by atoms with Gasteiger partial charge in [-0.25, -0.2) is 4.79 Å². The SMILES string of the molecule is Cc1cccc(OC(F)F)c1NC(=O)N1CCN(c2ccccc2[N+](=O)[O-])CC1. The number of carbonyl (C=O) groups excluding carboxylic acids is 1. The molecule has 1 heterocycles. The van der Waals surface area contributed by atoms with Crippen LogP contribution in [0.5, 0.6) is 5.75 Å². The molecule has 0 spiro atoms. The third-order valence-corrected chi connectivity index (χ3v) is 4.67. The second kappa shape index (κ2) is 8.72. The van der Waals surface area contributed by atoms with Crippen molar-refractivity contribution < 1.29 is 23.2 Å². The van der Waals surface area contributed by atoms with Crippen molar-refractivity contribution in [3.8, 4) is 5.75 Å². The number of benzene rings is 2. The van der Waals surface area contributed by atoms with Crippen LogP contribution in [0.1, 0.15) is 5.56 Å². The van der Waals surface area contributed by atoms with Crippen LogP contribution in [0.2, 0.25) is 0 Å². The number of ether oxygens (including phenoxy) is 1. The van der Waals surface area contributed by atoms with Crippen molar-refractivity contribution in [2.75, 3.05) is 36.4 Å². The highest BCUT2D eigenvalue weighted by atomic mass is 19.3. The highest BCUT2D eigenvalue weighted by Gasteiger charge is 2.26. The lowest BCUT2D eigenvalue weighted by molar-refractivity contribution is -0.384. The zero-order chi connectivity index (χ0) is 21.0. The zero-order valence-corrected chi connectivity index (χ0v) is 15.7. The van der Waals surface area contributed by atoms with Crippen LogP contribution in [0.3, 0.4) is 0 Å². The number of aryl methyl sites for hydroxylation is 1. The molecule has 3 rings (SSSR count). The van der Waals surface area contributed by atoms with Gasteiger partial charge in [0.25, 0.3) is 5.69 Å². The number of anilines is 2. The maximum atomic E-state index is 12.6. The van der Waals surface area contributed by atoms with Gasteiger partial charge in [0.2, 0.25) is 0 Å². The summed E-state index contributed by atoms with van der Waals surface area (Å²) < 4.78 is 29.7. The largest absolute Gasteiger partial charge is 0.433 e.